The summed E-state index contributed by atoms with van der Waals surface area (Å²) < 4.78 is 44.5. The van der Waals surface area contributed by atoms with Crippen LogP contribution < -0.4 is 10.3 Å². The van der Waals surface area contributed by atoms with Crippen molar-refractivity contribution in [3.8, 4) is 17.3 Å². The molecular formula is C20H17ClF3N3O2. The largest absolute Gasteiger partial charge is 0.454 e. The highest BCUT2D eigenvalue weighted by atomic mass is 35.5. The molecule has 0 amide bonds. The SMILES string of the molecule is Cc1cc(Oc2cnn(-c3ccc(C(F)(F)F)cn3)c(=O)c2Cl)ccc1C(C)C. The van der Waals surface area contributed by atoms with E-state index in [9.17, 15) is 18.0 Å². The van der Waals surface area contributed by atoms with Crippen LogP contribution in [0.5, 0.6) is 11.5 Å². The minimum Gasteiger partial charge on any atom is -0.454 e. The van der Waals surface area contributed by atoms with E-state index in [0.717, 1.165) is 22.4 Å². The predicted octanol–water partition coefficient (Wildman–Crippen LogP) is 5.52. The van der Waals surface area contributed by atoms with Gasteiger partial charge in [-0.2, -0.15) is 23.0 Å². The van der Waals surface area contributed by atoms with Gasteiger partial charge in [-0.05, 0) is 48.2 Å². The summed E-state index contributed by atoms with van der Waals surface area (Å²) >= 11 is 6.12. The number of hydrogen-bond donors (Lipinski definition) is 0. The number of hydrogen-bond acceptors (Lipinski definition) is 4. The molecule has 0 atom stereocenters. The first-order valence-electron chi connectivity index (χ1n) is 8.67. The van der Waals surface area contributed by atoms with Gasteiger partial charge in [0.2, 0.25) is 0 Å². The molecule has 0 aliphatic rings. The number of benzene rings is 1. The average molecular weight is 424 g/mol. The van der Waals surface area contributed by atoms with Crippen molar-refractivity contribution >= 4 is 11.6 Å². The molecule has 0 saturated carbocycles. The topological polar surface area (TPSA) is 57.0 Å². The van der Waals surface area contributed by atoms with Crippen LogP contribution in [0.15, 0.2) is 47.5 Å². The third-order valence-electron chi connectivity index (χ3n) is 4.27. The third-order valence-corrected chi connectivity index (χ3v) is 4.62. The number of ether oxygens (including phenoxy) is 1. The van der Waals surface area contributed by atoms with E-state index in [-0.39, 0.29) is 16.6 Å². The Morgan fingerprint density at radius 1 is 1.14 bits per heavy atom. The molecule has 0 fully saturated rings. The molecule has 0 unspecified atom stereocenters. The van der Waals surface area contributed by atoms with E-state index in [1.807, 2.05) is 19.1 Å². The van der Waals surface area contributed by atoms with Crippen molar-refractivity contribution in [1.29, 1.82) is 0 Å². The summed E-state index contributed by atoms with van der Waals surface area (Å²) in [5.41, 5.74) is 0.516. The van der Waals surface area contributed by atoms with E-state index in [1.54, 1.807) is 6.07 Å². The quantitative estimate of drug-likeness (QED) is 0.554. The molecule has 5 nitrogen and oxygen atoms in total. The Morgan fingerprint density at radius 2 is 1.86 bits per heavy atom. The number of rotatable bonds is 4. The Labute approximate surface area is 169 Å². The average Bonchev–Trinajstić information content (AvgIpc) is 2.65. The predicted molar refractivity (Wildman–Crippen MR) is 103 cm³/mol. The van der Waals surface area contributed by atoms with Gasteiger partial charge >= 0.3 is 6.18 Å². The van der Waals surface area contributed by atoms with E-state index in [0.29, 0.717) is 17.9 Å². The molecule has 0 radical (unpaired) electrons. The molecule has 0 aliphatic heterocycles. The summed E-state index contributed by atoms with van der Waals surface area (Å²) in [6, 6.07) is 7.39. The first-order valence-corrected chi connectivity index (χ1v) is 9.05. The Bertz CT molecular complexity index is 1090. The van der Waals surface area contributed by atoms with Crippen molar-refractivity contribution < 1.29 is 17.9 Å². The minimum atomic E-state index is -4.53. The van der Waals surface area contributed by atoms with Gasteiger partial charge in [0.05, 0.1) is 11.8 Å². The summed E-state index contributed by atoms with van der Waals surface area (Å²) in [5.74, 6) is 0.792. The van der Waals surface area contributed by atoms with Crippen LogP contribution in [0.4, 0.5) is 13.2 Å². The standard InChI is InChI=1S/C20H17ClF3N3O2/c1-11(2)15-6-5-14(8-12(15)3)29-16-10-26-27(19(28)18(16)21)17-7-4-13(9-25-17)20(22,23)24/h4-11H,1-3H3. The zero-order valence-electron chi connectivity index (χ0n) is 15.8. The Kier molecular flexibility index (Phi) is 5.66. The van der Waals surface area contributed by atoms with E-state index in [2.05, 4.69) is 23.9 Å². The van der Waals surface area contributed by atoms with Gasteiger partial charge in [-0.15, -0.1) is 0 Å². The minimum absolute atomic E-state index is 0.0384. The molecule has 0 bridgehead atoms. The second kappa shape index (κ2) is 7.87. The van der Waals surface area contributed by atoms with Gasteiger partial charge < -0.3 is 4.74 Å². The van der Waals surface area contributed by atoms with Crippen LogP contribution in [-0.4, -0.2) is 14.8 Å². The molecule has 1 aromatic carbocycles. The molecule has 3 rings (SSSR count). The number of alkyl halides is 3. The van der Waals surface area contributed by atoms with Gasteiger partial charge in [0, 0.05) is 6.20 Å². The van der Waals surface area contributed by atoms with Gasteiger partial charge in [-0.25, -0.2) is 4.98 Å². The van der Waals surface area contributed by atoms with Crippen LogP contribution in [0.3, 0.4) is 0 Å². The van der Waals surface area contributed by atoms with Crippen molar-refractivity contribution in [3.05, 3.63) is 74.8 Å². The molecule has 0 aliphatic carbocycles. The molecule has 29 heavy (non-hydrogen) atoms. The van der Waals surface area contributed by atoms with Crippen LogP contribution in [0.2, 0.25) is 5.02 Å². The highest BCUT2D eigenvalue weighted by Gasteiger charge is 2.30. The van der Waals surface area contributed by atoms with Crippen molar-refractivity contribution in [2.45, 2.75) is 32.9 Å². The Balaban J connectivity index is 1.90. The lowest BCUT2D eigenvalue weighted by molar-refractivity contribution is -0.137. The Hall–Kier alpha value is -2.87. The summed E-state index contributed by atoms with van der Waals surface area (Å²) in [5, 5.41) is 3.66. The van der Waals surface area contributed by atoms with E-state index in [4.69, 9.17) is 16.3 Å². The van der Waals surface area contributed by atoms with Crippen molar-refractivity contribution in [3.63, 3.8) is 0 Å². The lowest BCUT2D eigenvalue weighted by Crippen LogP contribution is -2.23. The van der Waals surface area contributed by atoms with Gasteiger partial charge in [0.15, 0.2) is 16.6 Å². The fourth-order valence-corrected chi connectivity index (χ4v) is 2.98. The molecule has 3 aromatic rings. The van der Waals surface area contributed by atoms with Crippen LogP contribution in [0.1, 0.15) is 36.5 Å². The maximum atomic E-state index is 12.7. The normalized spacial score (nSPS) is 11.7. The van der Waals surface area contributed by atoms with Crippen molar-refractivity contribution in [1.82, 2.24) is 14.8 Å². The highest BCUT2D eigenvalue weighted by Crippen LogP contribution is 2.30. The monoisotopic (exact) mass is 423 g/mol. The molecule has 152 valence electrons. The van der Waals surface area contributed by atoms with E-state index in [1.165, 1.54) is 11.8 Å². The Morgan fingerprint density at radius 3 is 2.41 bits per heavy atom. The number of aryl methyl sites for hydroxylation is 1. The molecule has 9 heteroatoms. The second-order valence-corrected chi connectivity index (χ2v) is 7.10. The van der Waals surface area contributed by atoms with Gasteiger partial charge in [0.25, 0.3) is 5.56 Å². The molecule has 0 N–H and O–H groups in total. The summed E-state index contributed by atoms with van der Waals surface area (Å²) in [6.07, 6.45) is -2.68. The summed E-state index contributed by atoms with van der Waals surface area (Å²) in [7, 11) is 0. The van der Waals surface area contributed by atoms with Crippen molar-refractivity contribution in [2.75, 3.05) is 0 Å². The first kappa shape index (κ1) is 20.9. The number of pyridine rings is 1. The maximum Gasteiger partial charge on any atom is 0.417 e. The zero-order valence-corrected chi connectivity index (χ0v) is 16.5. The third kappa shape index (κ3) is 4.42. The summed E-state index contributed by atoms with van der Waals surface area (Å²) in [4.78, 5) is 16.1. The maximum absolute atomic E-state index is 12.7. The molecule has 2 heterocycles. The van der Waals surface area contributed by atoms with Gasteiger partial charge in [0.1, 0.15) is 5.75 Å². The fourth-order valence-electron chi connectivity index (χ4n) is 2.82. The van der Waals surface area contributed by atoms with Crippen LogP contribution in [0.25, 0.3) is 5.82 Å². The number of nitrogens with zero attached hydrogens (tertiary/aromatic N) is 3. The lowest BCUT2D eigenvalue weighted by Gasteiger charge is -2.13. The first-order chi connectivity index (χ1) is 13.6. The molecule has 2 aromatic heterocycles. The van der Waals surface area contributed by atoms with Gasteiger partial charge in [-0.1, -0.05) is 31.5 Å². The number of halogens is 4. The van der Waals surface area contributed by atoms with E-state index >= 15 is 0 Å². The van der Waals surface area contributed by atoms with Crippen LogP contribution in [0, 0.1) is 6.92 Å². The second-order valence-electron chi connectivity index (χ2n) is 6.72. The fraction of sp³-hybridized carbons (Fsp3) is 0.250. The summed E-state index contributed by atoms with van der Waals surface area (Å²) in [6.45, 7) is 6.12. The number of aromatic nitrogens is 3. The zero-order chi connectivity index (χ0) is 21.3. The molecule has 0 spiro atoms. The molecular weight excluding hydrogens is 407 g/mol. The van der Waals surface area contributed by atoms with Crippen LogP contribution >= 0.6 is 11.6 Å². The van der Waals surface area contributed by atoms with Gasteiger partial charge in [-0.3, -0.25) is 4.79 Å². The molecule has 0 saturated heterocycles. The smallest absolute Gasteiger partial charge is 0.417 e. The van der Waals surface area contributed by atoms with Crippen LogP contribution in [-0.2, 0) is 6.18 Å². The van der Waals surface area contributed by atoms with Crippen molar-refractivity contribution in [2.24, 2.45) is 0 Å². The van der Waals surface area contributed by atoms with E-state index < -0.39 is 17.3 Å². The lowest BCUT2D eigenvalue weighted by atomic mass is 9.98. The highest BCUT2D eigenvalue weighted by molar-refractivity contribution is 6.31.